The Morgan fingerprint density at radius 1 is 1.32 bits per heavy atom. The van der Waals surface area contributed by atoms with E-state index in [0.717, 1.165) is 30.8 Å². The highest BCUT2D eigenvalue weighted by atomic mass is 16.5. The number of aromatic nitrogens is 1. The summed E-state index contributed by atoms with van der Waals surface area (Å²) in [5.74, 6) is -1.01. The fourth-order valence-electron chi connectivity index (χ4n) is 2.72. The second-order valence-corrected chi connectivity index (χ2v) is 5.36. The Hall–Kier alpha value is -2.40. The maximum Gasteiger partial charge on any atom is 0.354 e. The van der Waals surface area contributed by atoms with Crippen molar-refractivity contribution in [1.29, 1.82) is 0 Å². The van der Waals surface area contributed by atoms with Crippen LogP contribution < -0.4 is 4.90 Å². The minimum Gasteiger partial charge on any atom is -0.477 e. The molecule has 0 bridgehead atoms. The summed E-state index contributed by atoms with van der Waals surface area (Å²) in [6.07, 6.45) is 1.14. The Morgan fingerprint density at radius 3 is 2.73 bits per heavy atom. The Balaban J connectivity index is 2.00. The first-order valence-electron chi connectivity index (χ1n) is 7.26. The number of anilines is 1. The van der Waals surface area contributed by atoms with Gasteiger partial charge in [-0.1, -0.05) is 30.3 Å². The molecule has 2 heterocycles. The lowest BCUT2D eigenvalue weighted by Crippen LogP contribution is -2.22. The molecule has 0 radical (unpaired) electrons. The fraction of sp³-hybridized carbons (Fsp3) is 0.294. The second kappa shape index (κ2) is 6.15. The molecule has 0 aliphatic carbocycles. The lowest BCUT2D eigenvalue weighted by molar-refractivity contribution is 0.0690. The normalized spacial score (nSPS) is 17.7. The van der Waals surface area contributed by atoms with E-state index in [1.807, 2.05) is 36.4 Å². The van der Waals surface area contributed by atoms with E-state index in [4.69, 9.17) is 4.74 Å². The van der Waals surface area contributed by atoms with Gasteiger partial charge in [0.2, 0.25) is 0 Å². The number of carboxylic acid groups (broad SMARTS) is 1. The first kappa shape index (κ1) is 14.5. The zero-order valence-corrected chi connectivity index (χ0v) is 12.4. The van der Waals surface area contributed by atoms with E-state index in [0.29, 0.717) is 5.69 Å². The number of aromatic carboxylic acids is 1. The van der Waals surface area contributed by atoms with Crippen LogP contribution >= 0.6 is 0 Å². The van der Waals surface area contributed by atoms with Crippen molar-refractivity contribution in [3.63, 3.8) is 0 Å². The maximum absolute atomic E-state index is 11.4. The number of ether oxygens (including phenoxy) is 1. The number of hydrogen-bond donors (Lipinski definition) is 1. The fourth-order valence-corrected chi connectivity index (χ4v) is 2.72. The largest absolute Gasteiger partial charge is 0.477 e. The van der Waals surface area contributed by atoms with Crippen molar-refractivity contribution >= 4 is 11.7 Å². The predicted octanol–water partition coefficient (Wildman–Crippen LogP) is 2.67. The molecule has 1 saturated heterocycles. The van der Waals surface area contributed by atoms with Crippen LogP contribution in [-0.4, -0.2) is 42.4 Å². The van der Waals surface area contributed by atoms with Crippen molar-refractivity contribution in [2.75, 3.05) is 25.1 Å². The van der Waals surface area contributed by atoms with Crippen LogP contribution in [0.5, 0.6) is 0 Å². The molecule has 5 heteroatoms. The van der Waals surface area contributed by atoms with Crippen LogP contribution in [0.2, 0.25) is 0 Å². The summed E-state index contributed by atoms with van der Waals surface area (Å²) in [4.78, 5) is 17.8. The van der Waals surface area contributed by atoms with E-state index in [1.54, 1.807) is 13.2 Å². The molecule has 0 spiro atoms. The van der Waals surface area contributed by atoms with Crippen molar-refractivity contribution in [3.05, 3.63) is 48.2 Å². The van der Waals surface area contributed by atoms with Crippen molar-refractivity contribution in [1.82, 2.24) is 4.98 Å². The van der Waals surface area contributed by atoms with Crippen LogP contribution in [0.3, 0.4) is 0 Å². The molecule has 1 aliphatic heterocycles. The molecule has 22 heavy (non-hydrogen) atoms. The summed E-state index contributed by atoms with van der Waals surface area (Å²) in [7, 11) is 1.71. The van der Waals surface area contributed by atoms with E-state index in [2.05, 4.69) is 9.88 Å². The van der Waals surface area contributed by atoms with Crippen LogP contribution in [0.4, 0.5) is 5.69 Å². The molecule has 0 amide bonds. The van der Waals surface area contributed by atoms with Crippen LogP contribution in [0.25, 0.3) is 11.3 Å². The van der Waals surface area contributed by atoms with Crippen LogP contribution in [0, 0.1) is 0 Å². The molecule has 5 nitrogen and oxygen atoms in total. The lowest BCUT2D eigenvalue weighted by atomic mass is 10.1. The van der Waals surface area contributed by atoms with Gasteiger partial charge in [0, 0.05) is 31.5 Å². The summed E-state index contributed by atoms with van der Waals surface area (Å²) in [6, 6.07) is 13.2. The van der Waals surface area contributed by atoms with Gasteiger partial charge in [-0.25, -0.2) is 9.78 Å². The van der Waals surface area contributed by atoms with Gasteiger partial charge in [0.1, 0.15) is 0 Å². The number of benzene rings is 1. The quantitative estimate of drug-likeness (QED) is 0.940. The predicted molar refractivity (Wildman–Crippen MR) is 84.3 cm³/mol. The van der Waals surface area contributed by atoms with Crippen LogP contribution in [-0.2, 0) is 4.74 Å². The Bertz CT molecular complexity index is 673. The van der Waals surface area contributed by atoms with E-state index in [1.165, 1.54) is 0 Å². The van der Waals surface area contributed by atoms with E-state index >= 15 is 0 Å². The molecular formula is C17H18N2O3. The smallest absolute Gasteiger partial charge is 0.354 e. The van der Waals surface area contributed by atoms with Gasteiger partial charge in [0.05, 0.1) is 11.8 Å². The molecule has 114 valence electrons. The van der Waals surface area contributed by atoms with Gasteiger partial charge in [0.25, 0.3) is 0 Å². The molecule has 1 aromatic carbocycles. The number of pyridine rings is 1. The summed E-state index contributed by atoms with van der Waals surface area (Å²) in [5.41, 5.74) is 2.54. The SMILES string of the molecule is CO[C@H]1CCN(c2cc(C(=O)O)nc(-c3ccccc3)c2)C1. The zero-order valence-electron chi connectivity index (χ0n) is 12.4. The van der Waals surface area contributed by atoms with Gasteiger partial charge in [-0.15, -0.1) is 0 Å². The number of carboxylic acids is 1. The third-order valence-electron chi connectivity index (χ3n) is 3.94. The molecule has 1 atom stereocenters. The maximum atomic E-state index is 11.4. The summed E-state index contributed by atoms with van der Waals surface area (Å²) >= 11 is 0. The molecule has 3 rings (SSSR count). The molecule has 0 unspecified atom stereocenters. The minimum absolute atomic E-state index is 0.0669. The molecule has 2 aromatic rings. The molecule has 1 N–H and O–H groups in total. The lowest BCUT2D eigenvalue weighted by Gasteiger charge is -2.19. The number of methoxy groups -OCH3 is 1. The third-order valence-corrected chi connectivity index (χ3v) is 3.94. The Labute approximate surface area is 129 Å². The minimum atomic E-state index is -1.01. The van der Waals surface area contributed by atoms with Crippen LogP contribution in [0.1, 0.15) is 16.9 Å². The van der Waals surface area contributed by atoms with Gasteiger partial charge in [-0.2, -0.15) is 0 Å². The molecule has 0 saturated carbocycles. The number of hydrogen-bond acceptors (Lipinski definition) is 4. The van der Waals surface area contributed by atoms with Crippen molar-refractivity contribution in [3.8, 4) is 11.3 Å². The monoisotopic (exact) mass is 298 g/mol. The van der Waals surface area contributed by atoms with Gasteiger partial charge >= 0.3 is 5.97 Å². The number of nitrogens with zero attached hydrogens (tertiary/aromatic N) is 2. The average Bonchev–Trinajstić information content (AvgIpc) is 3.04. The standard InChI is InChI=1S/C17H18N2O3/c1-22-14-7-8-19(11-14)13-9-15(12-5-3-2-4-6-12)18-16(10-13)17(20)21/h2-6,9-10,14H,7-8,11H2,1H3,(H,20,21)/t14-/m0/s1. The Morgan fingerprint density at radius 2 is 2.09 bits per heavy atom. The van der Waals surface area contributed by atoms with Gasteiger partial charge in [-0.05, 0) is 18.6 Å². The molecule has 1 aliphatic rings. The third kappa shape index (κ3) is 2.94. The molecule has 1 fully saturated rings. The molecule has 1 aromatic heterocycles. The average molecular weight is 298 g/mol. The summed E-state index contributed by atoms with van der Waals surface area (Å²) in [6.45, 7) is 1.63. The zero-order chi connectivity index (χ0) is 15.5. The van der Waals surface area contributed by atoms with Gasteiger partial charge in [0.15, 0.2) is 5.69 Å². The van der Waals surface area contributed by atoms with Crippen LogP contribution in [0.15, 0.2) is 42.5 Å². The first-order chi connectivity index (χ1) is 10.7. The van der Waals surface area contributed by atoms with Crippen molar-refractivity contribution in [2.45, 2.75) is 12.5 Å². The topological polar surface area (TPSA) is 62.7 Å². The van der Waals surface area contributed by atoms with Gasteiger partial charge in [-0.3, -0.25) is 0 Å². The second-order valence-electron chi connectivity index (χ2n) is 5.36. The van der Waals surface area contributed by atoms with E-state index in [-0.39, 0.29) is 11.8 Å². The van der Waals surface area contributed by atoms with E-state index in [9.17, 15) is 9.90 Å². The van der Waals surface area contributed by atoms with E-state index < -0.39 is 5.97 Å². The first-order valence-corrected chi connectivity index (χ1v) is 7.26. The van der Waals surface area contributed by atoms with Gasteiger partial charge < -0.3 is 14.7 Å². The number of rotatable bonds is 4. The highest BCUT2D eigenvalue weighted by molar-refractivity contribution is 5.88. The highest BCUT2D eigenvalue weighted by Gasteiger charge is 2.23. The summed E-state index contributed by atoms with van der Waals surface area (Å²) < 4.78 is 5.38. The number of carbonyl (C=O) groups is 1. The van der Waals surface area contributed by atoms with Crippen molar-refractivity contribution < 1.29 is 14.6 Å². The van der Waals surface area contributed by atoms with Crippen molar-refractivity contribution in [2.24, 2.45) is 0 Å². The Kier molecular flexibility index (Phi) is 4.06. The summed E-state index contributed by atoms with van der Waals surface area (Å²) in [5, 5.41) is 9.32. The molecular weight excluding hydrogens is 280 g/mol. The highest BCUT2D eigenvalue weighted by Crippen LogP contribution is 2.27.